The summed E-state index contributed by atoms with van der Waals surface area (Å²) in [6, 6.07) is 12.0. The summed E-state index contributed by atoms with van der Waals surface area (Å²) in [5, 5.41) is 4.89. The summed E-state index contributed by atoms with van der Waals surface area (Å²) >= 11 is 0. The van der Waals surface area contributed by atoms with Crippen LogP contribution in [0.15, 0.2) is 48.8 Å². The number of aromatic nitrogens is 5. The molecule has 0 aliphatic carbocycles. The average Bonchev–Trinajstić information content (AvgIpc) is 3.93. The van der Waals surface area contributed by atoms with Crippen molar-refractivity contribution in [2.24, 2.45) is 13.0 Å². The van der Waals surface area contributed by atoms with Crippen molar-refractivity contribution in [1.29, 1.82) is 0 Å². The third-order valence-corrected chi connectivity index (χ3v) is 9.91. The summed E-state index contributed by atoms with van der Waals surface area (Å²) in [4.78, 5) is 57.8. The second-order valence-corrected chi connectivity index (χ2v) is 13.3. The van der Waals surface area contributed by atoms with E-state index in [0.717, 1.165) is 88.2 Å². The maximum absolute atomic E-state index is 13.2. The van der Waals surface area contributed by atoms with Crippen LogP contribution in [0.2, 0.25) is 0 Å². The summed E-state index contributed by atoms with van der Waals surface area (Å²) in [7, 11) is 3.36. The van der Waals surface area contributed by atoms with Crippen LogP contribution in [0, 0.1) is 5.92 Å². The fourth-order valence-corrected chi connectivity index (χ4v) is 7.35. The number of nitrogens with zero attached hydrogens (tertiary/aromatic N) is 5. The van der Waals surface area contributed by atoms with Crippen LogP contribution in [0.5, 0.6) is 0 Å². The highest BCUT2D eigenvalue weighted by Gasteiger charge is 2.35. The van der Waals surface area contributed by atoms with Gasteiger partial charge in [0, 0.05) is 59.0 Å². The number of alkyl carbamates (subject to hydrolysis) is 1. The Balaban J connectivity index is 1.14. The SMILES string of the molecule is COC(=O)N[C@@H](C)C(=O)N1CCCC1c1ncc(-c2ccc3c4ccc(-c5cnc([C@@H]6CCCN6C(=O)C(C)C)[nH]5)cc4n(C)c3c2)[nH]1. The Morgan fingerprint density at radius 3 is 1.79 bits per heavy atom. The molecule has 1 unspecified atom stereocenters. The molecule has 3 amide bonds. The van der Waals surface area contributed by atoms with Gasteiger partial charge in [-0.05, 0) is 44.7 Å². The van der Waals surface area contributed by atoms with Gasteiger partial charge in [-0.1, -0.05) is 38.1 Å². The predicted octanol–water partition coefficient (Wildman–Crippen LogP) is 5.84. The molecule has 2 aromatic carbocycles. The Hall–Kier alpha value is -5.13. The van der Waals surface area contributed by atoms with Gasteiger partial charge in [-0.25, -0.2) is 14.8 Å². The molecule has 5 heterocycles. The van der Waals surface area contributed by atoms with E-state index in [1.54, 1.807) is 11.8 Å². The minimum absolute atomic E-state index is 0.0132. The molecule has 2 aliphatic heterocycles. The molecular formula is C36H42N8O4. The van der Waals surface area contributed by atoms with Crippen LogP contribution < -0.4 is 5.32 Å². The number of likely N-dealkylation sites (tertiary alicyclic amines) is 2. The predicted molar refractivity (Wildman–Crippen MR) is 183 cm³/mol. The number of fused-ring (bicyclic) bond motifs is 3. The van der Waals surface area contributed by atoms with E-state index >= 15 is 0 Å². The van der Waals surface area contributed by atoms with Gasteiger partial charge in [-0.15, -0.1) is 0 Å². The van der Waals surface area contributed by atoms with Crippen molar-refractivity contribution < 1.29 is 19.1 Å². The smallest absolute Gasteiger partial charge is 0.407 e. The molecule has 7 rings (SSSR count). The lowest BCUT2D eigenvalue weighted by Gasteiger charge is -2.26. The number of amides is 3. The topological polar surface area (TPSA) is 141 Å². The molecule has 48 heavy (non-hydrogen) atoms. The normalized spacial score (nSPS) is 18.7. The molecule has 2 saturated heterocycles. The van der Waals surface area contributed by atoms with Gasteiger partial charge in [0.2, 0.25) is 11.8 Å². The maximum Gasteiger partial charge on any atom is 0.407 e. The molecule has 12 nitrogen and oxygen atoms in total. The largest absolute Gasteiger partial charge is 0.453 e. The number of H-pyrrole nitrogens is 2. The van der Waals surface area contributed by atoms with Crippen LogP contribution in [0.4, 0.5) is 4.79 Å². The third-order valence-electron chi connectivity index (χ3n) is 9.91. The van der Waals surface area contributed by atoms with E-state index in [-0.39, 0.29) is 29.8 Å². The first-order chi connectivity index (χ1) is 23.1. The van der Waals surface area contributed by atoms with Crippen LogP contribution in [0.25, 0.3) is 44.3 Å². The Labute approximate surface area is 278 Å². The van der Waals surface area contributed by atoms with Crippen LogP contribution in [-0.2, 0) is 21.4 Å². The van der Waals surface area contributed by atoms with Crippen molar-refractivity contribution in [2.75, 3.05) is 20.2 Å². The summed E-state index contributed by atoms with van der Waals surface area (Å²) in [6.07, 6.45) is 6.62. The van der Waals surface area contributed by atoms with Crippen LogP contribution in [0.3, 0.4) is 0 Å². The lowest BCUT2D eigenvalue weighted by Crippen LogP contribution is -2.46. The van der Waals surface area contributed by atoms with E-state index in [0.29, 0.717) is 6.54 Å². The Morgan fingerprint density at radius 1 is 0.812 bits per heavy atom. The standard InChI is InChI=1S/C36H42N8O4/c1-20(2)34(45)43-14-6-8-28(43)32-37-18-26(40-32)22-10-12-24-25-13-11-23(17-31(25)42(4)30(24)16-22)27-19-38-33(41-27)29-9-7-15-44(29)35(46)21(3)39-36(47)48-5/h10-13,16-21,28-29H,6-9,14-15H2,1-5H3,(H,37,40)(H,38,41)(H,39,47)/t21-,28-,29?/m0/s1. The van der Waals surface area contributed by atoms with Crippen molar-refractivity contribution in [3.05, 3.63) is 60.4 Å². The van der Waals surface area contributed by atoms with Crippen molar-refractivity contribution in [3.63, 3.8) is 0 Å². The van der Waals surface area contributed by atoms with E-state index in [1.165, 1.54) is 7.11 Å². The Morgan fingerprint density at radius 2 is 1.31 bits per heavy atom. The number of imidazole rings is 2. The zero-order valence-corrected chi connectivity index (χ0v) is 28.0. The lowest BCUT2D eigenvalue weighted by atomic mass is 10.1. The fraction of sp³-hybridized carbons (Fsp3) is 0.417. The zero-order valence-electron chi connectivity index (χ0n) is 28.0. The summed E-state index contributed by atoms with van der Waals surface area (Å²) in [5.74, 6) is 1.55. The Kier molecular flexibility index (Phi) is 8.18. The fourth-order valence-electron chi connectivity index (χ4n) is 7.35. The van der Waals surface area contributed by atoms with Crippen molar-refractivity contribution >= 4 is 39.7 Å². The number of ether oxygens (including phenoxy) is 1. The Bertz CT molecular complexity index is 2020. The van der Waals surface area contributed by atoms with Gasteiger partial charge in [0.15, 0.2) is 0 Å². The van der Waals surface area contributed by atoms with E-state index < -0.39 is 12.1 Å². The third kappa shape index (κ3) is 5.48. The van der Waals surface area contributed by atoms with Gasteiger partial charge in [-0.3, -0.25) is 9.59 Å². The second kappa shape index (κ2) is 12.5. The van der Waals surface area contributed by atoms with Gasteiger partial charge in [0.25, 0.3) is 0 Å². The zero-order chi connectivity index (χ0) is 33.7. The number of benzene rings is 2. The number of carbonyl (C=O) groups excluding carboxylic acids is 3. The monoisotopic (exact) mass is 650 g/mol. The molecular weight excluding hydrogens is 608 g/mol. The number of methoxy groups -OCH3 is 1. The first kappa shape index (κ1) is 31.5. The van der Waals surface area contributed by atoms with E-state index in [2.05, 4.69) is 73.0 Å². The molecule has 0 spiro atoms. The molecule has 250 valence electrons. The van der Waals surface area contributed by atoms with E-state index in [4.69, 9.17) is 4.98 Å². The number of hydrogen-bond donors (Lipinski definition) is 3. The van der Waals surface area contributed by atoms with Crippen LogP contribution in [-0.4, -0.2) is 78.5 Å². The number of aromatic amines is 2. The lowest BCUT2D eigenvalue weighted by molar-refractivity contribution is -0.135. The van der Waals surface area contributed by atoms with Gasteiger partial charge < -0.3 is 34.4 Å². The number of carbonyl (C=O) groups is 3. The van der Waals surface area contributed by atoms with E-state index in [1.807, 2.05) is 31.1 Å². The molecule has 12 heteroatoms. The highest BCUT2D eigenvalue weighted by Crippen LogP contribution is 2.37. The molecule has 0 radical (unpaired) electrons. The summed E-state index contributed by atoms with van der Waals surface area (Å²) in [6.45, 7) is 6.94. The van der Waals surface area contributed by atoms with Crippen molar-refractivity contribution in [1.82, 2.24) is 39.6 Å². The van der Waals surface area contributed by atoms with Crippen LogP contribution in [0.1, 0.15) is 70.2 Å². The van der Waals surface area contributed by atoms with Crippen molar-refractivity contribution in [2.45, 2.75) is 64.6 Å². The number of hydrogen-bond acceptors (Lipinski definition) is 6. The average molecular weight is 651 g/mol. The first-order valence-electron chi connectivity index (χ1n) is 16.7. The molecule has 3 N–H and O–H groups in total. The minimum Gasteiger partial charge on any atom is -0.453 e. The number of aryl methyl sites for hydroxylation is 1. The minimum atomic E-state index is -0.699. The molecule has 3 aromatic heterocycles. The molecule has 2 fully saturated rings. The summed E-state index contributed by atoms with van der Waals surface area (Å²) in [5.41, 5.74) is 6.04. The van der Waals surface area contributed by atoms with Crippen molar-refractivity contribution in [3.8, 4) is 22.5 Å². The number of rotatable bonds is 7. The van der Waals surface area contributed by atoms with Gasteiger partial charge in [0.05, 0.1) is 43.0 Å². The highest BCUT2D eigenvalue weighted by atomic mass is 16.5. The quantitative estimate of drug-likeness (QED) is 0.202. The molecule has 0 saturated carbocycles. The van der Waals surface area contributed by atoms with Gasteiger partial charge in [-0.2, -0.15) is 0 Å². The molecule has 5 aromatic rings. The first-order valence-corrected chi connectivity index (χ1v) is 16.7. The van der Waals surface area contributed by atoms with E-state index in [9.17, 15) is 14.4 Å². The summed E-state index contributed by atoms with van der Waals surface area (Å²) < 4.78 is 6.87. The van der Waals surface area contributed by atoms with Gasteiger partial charge >= 0.3 is 6.09 Å². The van der Waals surface area contributed by atoms with Crippen LogP contribution >= 0.6 is 0 Å². The highest BCUT2D eigenvalue weighted by molar-refractivity contribution is 6.09. The van der Waals surface area contributed by atoms with Gasteiger partial charge in [0.1, 0.15) is 17.7 Å². The second-order valence-electron chi connectivity index (χ2n) is 13.3. The molecule has 2 aliphatic rings. The molecule has 3 atom stereocenters. The molecule has 0 bridgehead atoms. The number of nitrogens with one attached hydrogen (secondary N) is 3. The maximum atomic E-state index is 13.2.